The van der Waals surface area contributed by atoms with Gasteiger partial charge in [0.1, 0.15) is 0 Å². The predicted molar refractivity (Wildman–Crippen MR) is 338 cm³/mol. The molecule has 0 spiro atoms. The van der Waals surface area contributed by atoms with Gasteiger partial charge in [-0.1, -0.05) is 155 Å². The molecule has 2 aliphatic rings. The Hall–Kier alpha value is -3.04. The number of nitrogens with one attached hydrogen (secondary N) is 4. The van der Waals surface area contributed by atoms with Gasteiger partial charge in [0.15, 0.2) is 20.7 Å². The SMILES string of the molecule is Br.Br.C.Cc1ccc(CCN)cc1.FC(F)(F)c1ccc(CCN2CN=C(SCc3cc(Cl)c(Cl)cc3CSC3=NCN(CCc4ccc(C(F)(F)F)cc4)CN3)NC2)cc1.N=C(N)SCc1cc(Cl)c(Cl)cc1CSC(=N)N. The van der Waals surface area contributed by atoms with Gasteiger partial charge in [0.05, 0.1) is 57.9 Å². The molecular weight excluding hydrogens is 1320 g/mol. The molecule has 0 radical (unpaired) electrons. The van der Waals surface area contributed by atoms with Gasteiger partial charge < -0.3 is 27.8 Å². The highest BCUT2D eigenvalue weighted by atomic mass is 79.9. The van der Waals surface area contributed by atoms with Crippen LogP contribution in [0, 0.1) is 17.7 Å². The van der Waals surface area contributed by atoms with Crippen molar-refractivity contribution in [3.05, 3.63) is 173 Å². The number of hydrogen-bond donors (Lipinski definition) is 7. The van der Waals surface area contributed by atoms with Crippen molar-refractivity contribution in [3.8, 4) is 0 Å². The van der Waals surface area contributed by atoms with Gasteiger partial charge in [0.2, 0.25) is 0 Å². The first-order chi connectivity index (χ1) is 36.1. The van der Waals surface area contributed by atoms with Gasteiger partial charge in [-0.3, -0.25) is 20.6 Å². The van der Waals surface area contributed by atoms with Crippen LogP contribution in [0.4, 0.5) is 26.3 Å². The molecule has 11 nitrogen and oxygen atoms in total. The van der Waals surface area contributed by atoms with Crippen LogP contribution in [0.25, 0.3) is 0 Å². The number of halogens is 12. The summed E-state index contributed by atoms with van der Waals surface area (Å²) >= 11 is 30.2. The summed E-state index contributed by atoms with van der Waals surface area (Å²) in [5, 5.41) is 24.6. The molecule has 79 heavy (non-hydrogen) atoms. The number of aliphatic imine (C=N–C) groups is 2. The molecule has 2 heterocycles. The quantitative estimate of drug-likeness (QED) is 0.0284. The molecule has 0 atom stereocenters. The van der Waals surface area contributed by atoms with Crippen molar-refractivity contribution in [2.75, 3.05) is 46.3 Å². The Balaban J connectivity index is 0.000000565. The Labute approximate surface area is 516 Å². The normalized spacial score (nSPS) is 13.5. The van der Waals surface area contributed by atoms with Crippen LogP contribution in [-0.4, -0.2) is 76.8 Å². The molecular formula is C52H63Br2Cl4F6N11S4. The van der Waals surface area contributed by atoms with Crippen molar-refractivity contribution in [2.24, 2.45) is 27.2 Å². The fraction of sp³-hybridized carbons (Fsp3) is 0.346. The summed E-state index contributed by atoms with van der Waals surface area (Å²) in [5.74, 6) is 2.31. The standard InChI is InChI=1S/C32H32Cl2F6N6S2.C10H12Cl2N4S2.C9H13N.CH4.2BrH/c33-27-13-23(15-47-29-41-17-45(18-42-29)11-9-21-1-5-25(6-2-21)31(35,36)37)24(14-28(27)34)16-48-30-43-19-46(20-44-30)12-10-22-3-7-26(8-4-22)32(38,39)40;11-7-1-5(3-17-9(13)14)6(2-8(7)12)4-18-10(15)16;1-8-2-4-9(5-3-8)6-7-10;;;/h1-8,13-14H,9-12,15-20H2,(H,41,42)(H,43,44);1-2H,3-4H2,(H3,13,14)(H3,15,16);2-5H,6-7,10H2,1H3;1H4;2*1H. The number of hydrogen-bond acceptors (Lipinski definition) is 13. The lowest BCUT2D eigenvalue weighted by molar-refractivity contribution is -0.138. The van der Waals surface area contributed by atoms with Crippen LogP contribution >= 0.6 is 127 Å². The van der Waals surface area contributed by atoms with Gasteiger partial charge in [0.25, 0.3) is 0 Å². The highest BCUT2D eigenvalue weighted by Gasteiger charge is 2.31. The second-order valence-corrected chi connectivity index (χ2v) is 22.6. The van der Waals surface area contributed by atoms with Crippen LogP contribution in [0.5, 0.6) is 0 Å². The van der Waals surface area contributed by atoms with Crippen molar-refractivity contribution < 1.29 is 26.3 Å². The Morgan fingerprint density at radius 3 is 1.16 bits per heavy atom. The largest absolute Gasteiger partial charge is 0.416 e. The summed E-state index contributed by atoms with van der Waals surface area (Å²) < 4.78 is 76.9. The maximum atomic E-state index is 12.8. The first kappa shape index (κ1) is 72.1. The topological polar surface area (TPSA) is 181 Å². The average Bonchev–Trinajstić information content (AvgIpc) is 3.39. The number of amidine groups is 4. The Morgan fingerprint density at radius 2 is 0.873 bits per heavy atom. The third kappa shape index (κ3) is 26.0. The second kappa shape index (κ2) is 35.8. The molecule has 0 saturated heterocycles. The van der Waals surface area contributed by atoms with E-state index in [2.05, 4.69) is 61.6 Å². The summed E-state index contributed by atoms with van der Waals surface area (Å²) in [6, 6.07) is 26.2. The van der Waals surface area contributed by atoms with Gasteiger partial charge in [0, 0.05) is 36.1 Å². The van der Waals surface area contributed by atoms with Crippen LogP contribution in [0.1, 0.15) is 63.1 Å². The maximum Gasteiger partial charge on any atom is 0.416 e. The fourth-order valence-corrected chi connectivity index (χ4v) is 10.7. The molecule has 0 bridgehead atoms. The zero-order valence-corrected chi connectivity index (χ0v) is 51.6. The van der Waals surface area contributed by atoms with E-state index < -0.39 is 23.5 Å². The molecule has 0 aliphatic carbocycles. The molecule has 5 aromatic carbocycles. The first-order valence-electron chi connectivity index (χ1n) is 23.3. The molecule has 5 aromatic rings. The number of aryl methyl sites for hydroxylation is 1. The minimum Gasteiger partial charge on any atom is -0.379 e. The zero-order valence-electron chi connectivity index (χ0n) is 41.9. The highest BCUT2D eigenvalue weighted by molar-refractivity contribution is 8.93. The van der Waals surface area contributed by atoms with Crippen molar-refractivity contribution in [3.63, 3.8) is 0 Å². The molecule has 7 rings (SSSR count). The van der Waals surface area contributed by atoms with Gasteiger partial charge in [-0.15, -0.1) is 34.0 Å². The minimum atomic E-state index is -4.34. The van der Waals surface area contributed by atoms with E-state index in [1.807, 2.05) is 12.1 Å². The lowest BCUT2D eigenvalue weighted by Crippen LogP contribution is -2.42. The highest BCUT2D eigenvalue weighted by Crippen LogP contribution is 2.34. The number of benzene rings is 5. The van der Waals surface area contributed by atoms with Crippen molar-refractivity contribution in [1.82, 2.24) is 20.4 Å². The lowest BCUT2D eigenvalue weighted by atomic mass is 10.1. The molecule has 2 aliphatic heterocycles. The Morgan fingerprint density at radius 1 is 0.557 bits per heavy atom. The minimum absolute atomic E-state index is 0. The summed E-state index contributed by atoms with van der Waals surface area (Å²) in [6.45, 7) is 6.24. The van der Waals surface area contributed by atoms with Crippen molar-refractivity contribution >= 4 is 148 Å². The van der Waals surface area contributed by atoms with E-state index in [9.17, 15) is 26.3 Å². The molecule has 0 unspecified atom stereocenters. The third-order valence-corrected chi connectivity index (χ3v) is 16.2. The summed E-state index contributed by atoms with van der Waals surface area (Å²) in [7, 11) is 0. The van der Waals surface area contributed by atoms with E-state index >= 15 is 0 Å². The molecule has 0 fully saturated rings. The molecule has 0 aromatic heterocycles. The van der Waals surface area contributed by atoms with E-state index in [0.717, 1.165) is 80.9 Å². The summed E-state index contributed by atoms with van der Waals surface area (Å²) in [4.78, 5) is 13.4. The molecule has 27 heteroatoms. The number of alkyl halides is 6. The van der Waals surface area contributed by atoms with E-state index in [4.69, 9.17) is 74.4 Å². The van der Waals surface area contributed by atoms with E-state index in [-0.39, 0.29) is 51.7 Å². The summed E-state index contributed by atoms with van der Waals surface area (Å²) in [6.07, 6.45) is -6.47. The molecule has 434 valence electrons. The van der Waals surface area contributed by atoms with Crippen LogP contribution in [0.3, 0.4) is 0 Å². The van der Waals surface area contributed by atoms with Crippen molar-refractivity contribution in [1.29, 1.82) is 10.8 Å². The zero-order chi connectivity index (χ0) is 55.4. The van der Waals surface area contributed by atoms with Gasteiger partial charge >= 0.3 is 12.4 Å². The van der Waals surface area contributed by atoms with Crippen LogP contribution in [-0.2, 0) is 54.6 Å². The van der Waals surface area contributed by atoms with Crippen molar-refractivity contribution in [2.45, 2.75) is 69.0 Å². The second-order valence-electron chi connectivity index (χ2n) is 17.0. The van der Waals surface area contributed by atoms with Gasteiger partial charge in [-0.25, -0.2) is 9.98 Å². The fourth-order valence-electron chi connectivity index (χ4n) is 7.01. The lowest BCUT2D eigenvalue weighted by Gasteiger charge is -2.27. The number of nitrogens with two attached hydrogens (primary N) is 3. The average molecular weight is 1390 g/mol. The molecule has 0 saturated carbocycles. The predicted octanol–water partition coefficient (Wildman–Crippen LogP) is 14.9. The Bertz CT molecular complexity index is 2610. The summed E-state index contributed by atoms with van der Waals surface area (Å²) in [5.41, 5.74) is 22.9. The number of thioether (sulfide) groups is 4. The first-order valence-corrected chi connectivity index (χ1v) is 28.7. The van der Waals surface area contributed by atoms with Crippen LogP contribution < -0.4 is 27.8 Å². The van der Waals surface area contributed by atoms with Gasteiger partial charge in [-0.05, 0) is 120 Å². The number of rotatable bonds is 16. The Kier molecular flexibility index (Phi) is 32.7. The monoisotopic (exact) mass is 1380 g/mol. The third-order valence-electron chi connectivity index (χ3n) is 11.3. The maximum absolute atomic E-state index is 12.8. The van der Waals surface area contributed by atoms with E-state index in [1.165, 1.54) is 58.9 Å². The number of nitrogens with zero attached hydrogens (tertiary/aromatic N) is 4. The van der Waals surface area contributed by atoms with Crippen LogP contribution in [0.15, 0.2) is 107 Å². The van der Waals surface area contributed by atoms with Crippen LogP contribution in [0.2, 0.25) is 20.1 Å². The smallest absolute Gasteiger partial charge is 0.379 e. The van der Waals surface area contributed by atoms with E-state index in [0.29, 0.717) is 95.7 Å². The molecule has 10 N–H and O–H groups in total. The van der Waals surface area contributed by atoms with Gasteiger partial charge in [-0.2, -0.15) is 26.3 Å². The van der Waals surface area contributed by atoms with E-state index in [1.54, 1.807) is 35.7 Å². The molecule has 0 amide bonds.